The Morgan fingerprint density at radius 1 is 1.42 bits per heavy atom. The van der Waals surface area contributed by atoms with Gasteiger partial charge in [0.25, 0.3) is 0 Å². The molecule has 1 fully saturated rings. The van der Waals surface area contributed by atoms with Gasteiger partial charge in [0.05, 0.1) is 18.8 Å². The van der Waals surface area contributed by atoms with Gasteiger partial charge in [0.15, 0.2) is 11.6 Å². The van der Waals surface area contributed by atoms with Crippen molar-refractivity contribution in [3.63, 3.8) is 0 Å². The van der Waals surface area contributed by atoms with Gasteiger partial charge in [-0.05, 0) is 20.9 Å². The van der Waals surface area contributed by atoms with Crippen molar-refractivity contribution < 1.29 is 9.32 Å². The molecular formula is C13H18N4O2. The average Bonchev–Trinajstić information content (AvgIpc) is 2.83. The fourth-order valence-electron chi connectivity index (χ4n) is 1.90. The molecule has 1 aromatic rings. The highest BCUT2D eigenvalue weighted by Gasteiger charge is 2.31. The summed E-state index contributed by atoms with van der Waals surface area (Å²) in [6.07, 6.45) is 5.46. The first kappa shape index (κ1) is 13.4. The first-order chi connectivity index (χ1) is 8.85. The van der Waals surface area contributed by atoms with Crippen molar-refractivity contribution in [3.8, 4) is 12.3 Å². The van der Waals surface area contributed by atoms with Gasteiger partial charge in [-0.25, -0.2) is 4.79 Å². The van der Waals surface area contributed by atoms with Crippen molar-refractivity contribution in [1.82, 2.24) is 15.0 Å². The van der Waals surface area contributed by atoms with Crippen molar-refractivity contribution in [2.24, 2.45) is 0 Å². The Hall–Kier alpha value is -2.00. The van der Waals surface area contributed by atoms with Crippen LogP contribution < -0.4 is 4.90 Å². The first-order valence-electron chi connectivity index (χ1n) is 6.01. The van der Waals surface area contributed by atoms with Crippen LogP contribution >= 0.6 is 0 Å². The zero-order valence-corrected chi connectivity index (χ0v) is 11.7. The Bertz CT molecular complexity index is 529. The number of nitrogens with zero attached hydrogens (tertiary/aromatic N) is 4. The maximum Gasteiger partial charge on any atom is 0.327 e. The molecule has 2 rings (SSSR count). The highest BCUT2D eigenvalue weighted by molar-refractivity contribution is 5.91. The van der Waals surface area contributed by atoms with Crippen molar-refractivity contribution in [3.05, 3.63) is 11.8 Å². The van der Waals surface area contributed by atoms with Crippen LogP contribution in [0.4, 0.5) is 10.6 Å². The maximum absolute atomic E-state index is 12.1. The highest BCUT2D eigenvalue weighted by Crippen LogP contribution is 2.27. The van der Waals surface area contributed by atoms with Gasteiger partial charge in [0.2, 0.25) is 0 Å². The van der Waals surface area contributed by atoms with Gasteiger partial charge in [-0.3, -0.25) is 9.80 Å². The summed E-state index contributed by atoms with van der Waals surface area (Å²) in [4.78, 5) is 17.3. The first-order valence-corrected chi connectivity index (χ1v) is 6.01. The van der Waals surface area contributed by atoms with E-state index >= 15 is 0 Å². The molecule has 0 unspecified atom stereocenters. The fourth-order valence-corrected chi connectivity index (χ4v) is 1.90. The number of amides is 2. The van der Waals surface area contributed by atoms with Crippen LogP contribution in [0.3, 0.4) is 0 Å². The molecule has 0 atom stereocenters. The number of carbonyl (C=O) groups excluding carboxylic acids is 1. The summed E-state index contributed by atoms with van der Waals surface area (Å²) in [5, 5.41) is 3.95. The van der Waals surface area contributed by atoms with Gasteiger partial charge < -0.3 is 9.42 Å². The summed E-state index contributed by atoms with van der Waals surface area (Å²) < 4.78 is 5.27. The molecule has 1 aliphatic rings. The molecule has 0 aliphatic carbocycles. The van der Waals surface area contributed by atoms with Gasteiger partial charge in [0, 0.05) is 13.1 Å². The summed E-state index contributed by atoms with van der Waals surface area (Å²) in [6.45, 7) is 4.81. The molecule has 1 saturated heterocycles. The lowest BCUT2D eigenvalue weighted by Gasteiger charge is -2.37. The minimum absolute atomic E-state index is 0.100. The van der Waals surface area contributed by atoms with E-state index in [2.05, 4.69) is 11.1 Å². The van der Waals surface area contributed by atoms with Gasteiger partial charge >= 0.3 is 6.03 Å². The van der Waals surface area contributed by atoms with Crippen LogP contribution in [-0.2, 0) is 5.41 Å². The van der Waals surface area contributed by atoms with E-state index in [9.17, 15) is 4.79 Å². The van der Waals surface area contributed by atoms with E-state index in [1.54, 1.807) is 22.9 Å². The Labute approximate surface area is 112 Å². The third-order valence-corrected chi connectivity index (χ3v) is 3.14. The van der Waals surface area contributed by atoms with Crippen molar-refractivity contribution in [2.45, 2.75) is 19.3 Å². The van der Waals surface area contributed by atoms with Crippen molar-refractivity contribution >= 4 is 11.8 Å². The molecule has 0 spiro atoms. The van der Waals surface area contributed by atoms with E-state index in [-0.39, 0.29) is 6.03 Å². The standard InChI is InChI=1S/C13H18N4O2/c1-6-13(2,3)10-7-11(14-19-10)17-9-15(4)8-16(5)12(17)18/h1,7H,8-9H2,2-5H3. The number of rotatable bonds is 2. The zero-order chi connectivity index (χ0) is 14.2. The molecule has 1 aliphatic heterocycles. The molecule has 6 heteroatoms. The van der Waals surface area contributed by atoms with Crippen LogP contribution in [0.25, 0.3) is 0 Å². The number of terminal acetylenes is 1. The quantitative estimate of drug-likeness (QED) is 0.754. The molecule has 2 heterocycles. The van der Waals surface area contributed by atoms with Gasteiger partial charge in [-0.15, -0.1) is 6.42 Å². The lowest BCUT2D eigenvalue weighted by atomic mass is 9.92. The van der Waals surface area contributed by atoms with Gasteiger partial charge in [0.1, 0.15) is 0 Å². The van der Waals surface area contributed by atoms with Crippen LogP contribution in [0.15, 0.2) is 10.6 Å². The summed E-state index contributed by atoms with van der Waals surface area (Å²) in [7, 11) is 3.68. The zero-order valence-electron chi connectivity index (χ0n) is 11.7. The smallest absolute Gasteiger partial charge is 0.327 e. The number of carbonyl (C=O) groups is 1. The summed E-state index contributed by atoms with van der Waals surface area (Å²) >= 11 is 0. The minimum atomic E-state index is -0.540. The number of aromatic nitrogens is 1. The van der Waals surface area contributed by atoms with Crippen LogP contribution in [0.2, 0.25) is 0 Å². The van der Waals surface area contributed by atoms with Crippen molar-refractivity contribution in [2.75, 3.05) is 32.3 Å². The monoisotopic (exact) mass is 262 g/mol. The summed E-state index contributed by atoms with van der Waals surface area (Å²) in [5.41, 5.74) is -0.540. The minimum Gasteiger partial charge on any atom is -0.358 e. The van der Waals surface area contributed by atoms with E-state index < -0.39 is 5.41 Å². The highest BCUT2D eigenvalue weighted by atomic mass is 16.5. The summed E-state index contributed by atoms with van der Waals surface area (Å²) in [5.74, 6) is 3.71. The molecule has 102 valence electrons. The largest absolute Gasteiger partial charge is 0.358 e. The molecule has 0 aromatic carbocycles. The number of anilines is 1. The van der Waals surface area contributed by atoms with E-state index in [4.69, 9.17) is 10.9 Å². The van der Waals surface area contributed by atoms with Crippen LogP contribution in [-0.4, -0.2) is 48.4 Å². The van der Waals surface area contributed by atoms with E-state index in [0.29, 0.717) is 24.9 Å². The molecule has 0 saturated carbocycles. The topological polar surface area (TPSA) is 52.8 Å². The second-order valence-electron chi connectivity index (χ2n) is 5.37. The number of hydrogen-bond donors (Lipinski definition) is 0. The maximum atomic E-state index is 12.1. The second-order valence-corrected chi connectivity index (χ2v) is 5.37. The predicted molar refractivity (Wildman–Crippen MR) is 71.5 cm³/mol. The molecule has 1 aromatic heterocycles. The Morgan fingerprint density at radius 2 is 2.11 bits per heavy atom. The Morgan fingerprint density at radius 3 is 2.74 bits per heavy atom. The van der Waals surface area contributed by atoms with Crippen LogP contribution in [0, 0.1) is 12.3 Å². The molecule has 0 N–H and O–H groups in total. The second kappa shape index (κ2) is 4.59. The lowest BCUT2D eigenvalue weighted by Crippen LogP contribution is -2.55. The van der Waals surface area contributed by atoms with E-state index in [0.717, 1.165) is 0 Å². The fraction of sp³-hybridized carbons (Fsp3) is 0.538. The SMILES string of the molecule is C#CC(C)(C)c1cc(N2CN(C)CN(C)C2=O)no1. The summed E-state index contributed by atoms with van der Waals surface area (Å²) in [6, 6.07) is 1.63. The van der Waals surface area contributed by atoms with Gasteiger partial charge in [-0.2, -0.15) is 0 Å². The van der Waals surface area contributed by atoms with Crippen molar-refractivity contribution in [1.29, 1.82) is 0 Å². The molecule has 6 nitrogen and oxygen atoms in total. The van der Waals surface area contributed by atoms with Gasteiger partial charge in [-0.1, -0.05) is 11.1 Å². The van der Waals surface area contributed by atoms with E-state index in [1.165, 1.54) is 0 Å². The van der Waals surface area contributed by atoms with Crippen LogP contribution in [0.5, 0.6) is 0 Å². The Balaban J connectivity index is 2.28. The molecule has 0 bridgehead atoms. The molecule has 19 heavy (non-hydrogen) atoms. The molecule has 2 amide bonds. The van der Waals surface area contributed by atoms with Crippen LogP contribution in [0.1, 0.15) is 19.6 Å². The predicted octanol–water partition coefficient (Wildman–Crippen LogP) is 1.30. The normalized spacial score (nSPS) is 17.7. The Kier molecular flexibility index (Phi) is 3.25. The third-order valence-electron chi connectivity index (χ3n) is 3.14. The number of hydrogen-bond acceptors (Lipinski definition) is 4. The number of urea groups is 1. The third kappa shape index (κ3) is 2.42. The van der Waals surface area contributed by atoms with E-state index in [1.807, 2.05) is 25.8 Å². The average molecular weight is 262 g/mol. The molecule has 0 radical (unpaired) electrons. The lowest BCUT2D eigenvalue weighted by molar-refractivity contribution is 0.148. The molecular weight excluding hydrogens is 244 g/mol.